The first-order chi connectivity index (χ1) is 7.81. The zero-order valence-electron chi connectivity index (χ0n) is 9.82. The lowest BCUT2D eigenvalue weighted by Gasteiger charge is -2.01. The smallest absolute Gasteiger partial charge is 0.0955 e. The lowest BCUT2D eigenvalue weighted by Crippen LogP contribution is -1.98. The monoisotopic (exact) mass is 217 g/mol. The summed E-state index contributed by atoms with van der Waals surface area (Å²) in [5.74, 6) is 0. The first-order valence-corrected chi connectivity index (χ1v) is 5.91. The van der Waals surface area contributed by atoms with E-state index in [0.717, 1.165) is 24.9 Å². The Balaban J connectivity index is 2.02. The summed E-state index contributed by atoms with van der Waals surface area (Å²) in [5, 5.41) is 0. The maximum Gasteiger partial charge on any atom is 0.0955 e. The van der Waals surface area contributed by atoms with Gasteiger partial charge in [-0.3, -0.25) is 0 Å². The number of fused-ring (bicyclic) bond motifs is 1. The second-order valence-electron chi connectivity index (χ2n) is 4.28. The summed E-state index contributed by atoms with van der Waals surface area (Å²) in [7, 11) is 2.02. The van der Waals surface area contributed by atoms with Gasteiger partial charge in [0.25, 0.3) is 0 Å². The van der Waals surface area contributed by atoms with Crippen LogP contribution in [-0.4, -0.2) is 16.1 Å². The van der Waals surface area contributed by atoms with Gasteiger partial charge in [-0.25, -0.2) is 4.98 Å². The van der Waals surface area contributed by atoms with Crippen LogP contribution in [0.5, 0.6) is 0 Å². The standard InChI is InChI=1S/C13H19N3/c1-16-10-15-12-9-11(6-7-13(12)16)5-3-2-4-8-14/h6-7,9-10H,2-5,8,14H2,1H3. The van der Waals surface area contributed by atoms with Crippen molar-refractivity contribution >= 4 is 11.0 Å². The highest BCUT2D eigenvalue weighted by atomic mass is 15.0. The molecule has 1 aromatic heterocycles. The number of hydrogen-bond donors (Lipinski definition) is 1. The second kappa shape index (κ2) is 5.12. The number of rotatable bonds is 5. The molecule has 0 saturated carbocycles. The molecule has 2 N–H and O–H groups in total. The Hall–Kier alpha value is -1.35. The van der Waals surface area contributed by atoms with Crippen LogP contribution in [0.15, 0.2) is 24.5 Å². The van der Waals surface area contributed by atoms with Crippen LogP contribution in [0.3, 0.4) is 0 Å². The number of benzene rings is 1. The van der Waals surface area contributed by atoms with Gasteiger partial charge in [-0.1, -0.05) is 12.5 Å². The Bertz CT molecular complexity index is 459. The maximum atomic E-state index is 5.47. The minimum atomic E-state index is 0.805. The van der Waals surface area contributed by atoms with Crippen molar-refractivity contribution in [3.8, 4) is 0 Å². The van der Waals surface area contributed by atoms with E-state index in [0.29, 0.717) is 0 Å². The summed E-state index contributed by atoms with van der Waals surface area (Å²) in [6.45, 7) is 0.805. The third kappa shape index (κ3) is 2.42. The average molecular weight is 217 g/mol. The molecule has 1 aromatic carbocycles. The van der Waals surface area contributed by atoms with Gasteiger partial charge in [0.05, 0.1) is 17.4 Å². The van der Waals surface area contributed by atoms with Gasteiger partial charge in [-0.15, -0.1) is 0 Å². The van der Waals surface area contributed by atoms with Crippen LogP contribution in [0.4, 0.5) is 0 Å². The van der Waals surface area contributed by atoms with Gasteiger partial charge < -0.3 is 10.3 Å². The van der Waals surface area contributed by atoms with Crippen molar-refractivity contribution in [3.05, 3.63) is 30.1 Å². The van der Waals surface area contributed by atoms with Crippen LogP contribution in [-0.2, 0) is 13.5 Å². The molecule has 0 aliphatic carbocycles. The van der Waals surface area contributed by atoms with Crippen LogP contribution in [0.1, 0.15) is 24.8 Å². The van der Waals surface area contributed by atoms with Crippen molar-refractivity contribution in [2.45, 2.75) is 25.7 Å². The van der Waals surface area contributed by atoms with Crippen molar-refractivity contribution in [1.82, 2.24) is 9.55 Å². The molecule has 2 rings (SSSR count). The zero-order valence-corrected chi connectivity index (χ0v) is 9.82. The molecule has 0 radical (unpaired) electrons. The molecule has 2 aromatic rings. The van der Waals surface area contributed by atoms with Gasteiger partial charge in [-0.2, -0.15) is 0 Å². The maximum absolute atomic E-state index is 5.47. The predicted octanol–water partition coefficient (Wildman–Crippen LogP) is 2.24. The van der Waals surface area contributed by atoms with Crippen molar-refractivity contribution in [1.29, 1.82) is 0 Å². The fourth-order valence-electron chi connectivity index (χ4n) is 1.99. The van der Waals surface area contributed by atoms with Gasteiger partial charge >= 0.3 is 0 Å². The molecule has 0 spiro atoms. The number of aryl methyl sites for hydroxylation is 2. The van der Waals surface area contributed by atoms with E-state index >= 15 is 0 Å². The van der Waals surface area contributed by atoms with Crippen molar-refractivity contribution in [3.63, 3.8) is 0 Å². The molecule has 3 nitrogen and oxygen atoms in total. The molecule has 0 bridgehead atoms. The highest BCUT2D eigenvalue weighted by Gasteiger charge is 2.00. The molecular formula is C13H19N3. The highest BCUT2D eigenvalue weighted by molar-refractivity contribution is 5.75. The molecule has 0 aliphatic rings. The van der Waals surface area contributed by atoms with Gasteiger partial charge in [0.2, 0.25) is 0 Å². The summed E-state index contributed by atoms with van der Waals surface area (Å²) >= 11 is 0. The Morgan fingerprint density at radius 2 is 2.12 bits per heavy atom. The molecular weight excluding hydrogens is 198 g/mol. The molecule has 1 heterocycles. The van der Waals surface area contributed by atoms with Crippen molar-refractivity contribution in [2.75, 3.05) is 6.54 Å². The summed E-state index contributed by atoms with van der Waals surface area (Å²) in [6, 6.07) is 6.55. The molecule has 0 amide bonds. The van der Waals surface area contributed by atoms with E-state index in [9.17, 15) is 0 Å². The Kier molecular flexibility index (Phi) is 3.57. The van der Waals surface area contributed by atoms with E-state index in [1.165, 1.54) is 23.9 Å². The Labute approximate surface area is 96.3 Å². The number of nitrogens with two attached hydrogens (primary N) is 1. The number of aromatic nitrogens is 2. The SMILES string of the molecule is Cn1cnc2cc(CCCCCN)ccc21. The Morgan fingerprint density at radius 1 is 1.25 bits per heavy atom. The van der Waals surface area contributed by atoms with Crippen molar-refractivity contribution in [2.24, 2.45) is 12.8 Å². The van der Waals surface area contributed by atoms with Gasteiger partial charge in [0, 0.05) is 7.05 Å². The van der Waals surface area contributed by atoms with Crippen LogP contribution >= 0.6 is 0 Å². The normalized spacial score (nSPS) is 11.1. The molecule has 0 aliphatic heterocycles. The molecule has 0 saturated heterocycles. The summed E-state index contributed by atoms with van der Waals surface area (Å²) in [4.78, 5) is 4.37. The van der Waals surface area contributed by atoms with E-state index in [4.69, 9.17) is 5.73 Å². The first kappa shape index (κ1) is 11.1. The summed E-state index contributed by atoms with van der Waals surface area (Å²) < 4.78 is 2.05. The lowest BCUT2D eigenvalue weighted by atomic mass is 10.1. The van der Waals surface area contributed by atoms with E-state index in [1.54, 1.807) is 0 Å². The molecule has 0 atom stereocenters. The predicted molar refractivity (Wildman–Crippen MR) is 67.3 cm³/mol. The molecule has 0 fully saturated rings. The average Bonchev–Trinajstić information content (AvgIpc) is 2.66. The largest absolute Gasteiger partial charge is 0.334 e. The van der Waals surface area contributed by atoms with E-state index in [1.807, 2.05) is 17.9 Å². The van der Waals surface area contributed by atoms with Crippen LogP contribution in [0.2, 0.25) is 0 Å². The van der Waals surface area contributed by atoms with Crippen LogP contribution in [0.25, 0.3) is 11.0 Å². The van der Waals surface area contributed by atoms with E-state index in [2.05, 4.69) is 23.2 Å². The zero-order chi connectivity index (χ0) is 11.4. The van der Waals surface area contributed by atoms with Gasteiger partial charge in [0.1, 0.15) is 0 Å². The molecule has 16 heavy (non-hydrogen) atoms. The highest BCUT2D eigenvalue weighted by Crippen LogP contribution is 2.15. The molecule has 0 unspecified atom stereocenters. The first-order valence-electron chi connectivity index (χ1n) is 5.91. The van der Waals surface area contributed by atoms with Crippen LogP contribution < -0.4 is 5.73 Å². The lowest BCUT2D eigenvalue weighted by molar-refractivity contribution is 0.687. The van der Waals surface area contributed by atoms with Crippen molar-refractivity contribution < 1.29 is 0 Å². The number of imidazole rings is 1. The third-order valence-electron chi connectivity index (χ3n) is 2.96. The topological polar surface area (TPSA) is 43.8 Å². The molecule has 3 heteroatoms. The van der Waals surface area contributed by atoms with E-state index < -0.39 is 0 Å². The number of unbranched alkanes of at least 4 members (excludes halogenated alkanes) is 2. The van der Waals surface area contributed by atoms with Crippen LogP contribution in [0, 0.1) is 0 Å². The number of nitrogens with zero attached hydrogens (tertiary/aromatic N) is 2. The molecule has 86 valence electrons. The van der Waals surface area contributed by atoms with Gasteiger partial charge in [-0.05, 0) is 43.5 Å². The fraction of sp³-hybridized carbons (Fsp3) is 0.462. The Morgan fingerprint density at radius 3 is 2.94 bits per heavy atom. The third-order valence-corrected chi connectivity index (χ3v) is 2.96. The quantitative estimate of drug-likeness (QED) is 0.781. The second-order valence-corrected chi connectivity index (χ2v) is 4.28. The summed E-state index contributed by atoms with van der Waals surface area (Å²) in [5.41, 5.74) is 9.15. The number of hydrogen-bond acceptors (Lipinski definition) is 2. The van der Waals surface area contributed by atoms with E-state index in [-0.39, 0.29) is 0 Å². The minimum absolute atomic E-state index is 0.805. The minimum Gasteiger partial charge on any atom is -0.334 e. The van der Waals surface area contributed by atoms with Gasteiger partial charge in [0.15, 0.2) is 0 Å². The summed E-state index contributed by atoms with van der Waals surface area (Å²) in [6.07, 6.45) is 6.56. The fourth-order valence-corrected chi connectivity index (χ4v) is 1.99.